The minimum atomic E-state index is -1.04. The van der Waals surface area contributed by atoms with Crippen LogP contribution in [-0.2, 0) is 12.1 Å². The minimum absolute atomic E-state index is 0.553. The van der Waals surface area contributed by atoms with Crippen LogP contribution in [0.15, 0.2) is 66.7 Å². The Morgan fingerprint density at radius 1 is 0.923 bits per heavy atom. The van der Waals surface area contributed by atoms with Gasteiger partial charge in [0.1, 0.15) is 0 Å². The van der Waals surface area contributed by atoms with Crippen LogP contribution in [0.3, 0.4) is 0 Å². The standard InChI is InChI=1S/C22H22N2O2/c1-22(2,25)16-12-21-19(13-17(16)23)24(14-15-8-4-3-5-9-15)18-10-6-7-11-20(18)26-21/h3-13,25H,14,23H2,1-2H3. The normalized spacial score (nSPS) is 13.0. The second-order valence-electron chi connectivity index (χ2n) is 7.11. The highest BCUT2D eigenvalue weighted by molar-refractivity contribution is 5.81. The number of nitrogens with two attached hydrogens (primary N) is 1. The minimum Gasteiger partial charge on any atom is -0.453 e. The smallest absolute Gasteiger partial charge is 0.151 e. The van der Waals surface area contributed by atoms with E-state index in [0.717, 1.165) is 17.1 Å². The third-order valence-electron chi connectivity index (χ3n) is 4.64. The van der Waals surface area contributed by atoms with Gasteiger partial charge in [0.2, 0.25) is 0 Å². The van der Waals surface area contributed by atoms with Crippen LogP contribution >= 0.6 is 0 Å². The molecule has 132 valence electrons. The molecule has 0 saturated carbocycles. The van der Waals surface area contributed by atoms with Crippen molar-refractivity contribution >= 4 is 17.1 Å². The fourth-order valence-electron chi connectivity index (χ4n) is 3.36. The Hall–Kier alpha value is -2.98. The van der Waals surface area contributed by atoms with Crippen molar-refractivity contribution in [3.63, 3.8) is 0 Å². The van der Waals surface area contributed by atoms with Gasteiger partial charge >= 0.3 is 0 Å². The zero-order valence-electron chi connectivity index (χ0n) is 14.9. The second-order valence-corrected chi connectivity index (χ2v) is 7.11. The highest BCUT2D eigenvalue weighted by Crippen LogP contribution is 2.49. The first-order chi connectivity index (χ1) is 12.4. The van der Waals surface area contributed by atoms with Gasteiger partial charge in [-0.05, 0) is 43.7 Å². The van der Waals surface area contributed by atoms with E-state index in [1.807, 2.05) is 54.6 Å². The van der Waals surface area contributed by atoms with E-state index in [9.17, 15) is 5.11 Å². The van der Waals surface area contributed by atoms with Crippen molar-refractivity contribution in [3.8, 4) is 11.5 Å². The number of hydrogen-bond donors (Lipinski definition) is 2. The Bertz CT molecular complexity index is 946. The molecular formula is C22H22N2O2. The Labute approximate surface area is 153 Å². The van der Waals surface area contributed by atoms with Crippen LogP contribution in [0.25, 0.3) is 0 Å². The van der Waals surface area contributed by atoms with Crippen LogP contribution in [0, 0.1) is 0 Å². The summed E-state index contributed by atoms with van der Waals surface area (Å²) < 4.78 is 6.13. The maximum Gasteiger partial charge on any atom is 0.151 e. The van der Waals surface area contributed by atoms with Crippen LogP contribution in [-0.4, -0.2) is 5.11 Å². The molecule has 0 radical (unpaired) electrons. The quantitative estimate of drug-likeness (QED) is 0.660. The van der Waals surface area contributed by atoms with E-state index in [4.69, 9.17) is 10.5 Å². The van der Waals surface area contributed by atoms with Gasteiger partial charge in [0.15, 0.2) is 11.5 Å². The van der Waals surface area contributed by atoms with E-state index in [0.29, 0.717) is 23.5 Å². The molecule has 1 heterocycles. The number of hydrogen-bond acceptors (Lipinski definition) is 4. The summed E-state index contributed by atoms with van der Waals surface area (Å²) in [5.74, 6) is 1.49. The Morgan fingerprint density at radius 2 is 1.62 bits per heavy atom. The molecule has 4 rings (SSSR count). The van der Waals surface area contributed by atoms with Crippen molar-refractivity contribution in [3.05, 3.63) is 77.9 Å². The third-order valence-corrected chi connectivity index (χ3v) is 4.64. The van der Waals surface area contributed by atoms with Crippen LogP contribution in [0.2, 0.25) is 0 Å². The van der Waals surface area contributed by atoms with Gasteiger partial charge < -0.3 is 20.5 Å². The molecule has 0 spiro atoms. The predicted octanol–water partition coefficient (Wildman–Crippen LogP) is 4.94. The number of rotatable bonds is 3. The number of aliphatic hydroxyl groups is 1. The van der Waals surface area contributed by atoms with Gasteiger partial charge in [-0.1, -0.05) is 42.5 Å². The zero-order valence-corrected chi connectivity index (χ0v) is 14.9. The van der Waals surface area contributed by atoms with Gasteiger partial charge in [-0.15, -0.1) is 0 Å². The summed E-state index contributed by atoms with van der Waals surface area (Å²) in [5, 5.41) is 10.4. The molecule has 3 N–H and O–H groups in total. The van der Waals surface area contributed by atoms with Crippen molar-refractivity contribution in [1.82, 2.24) is 0 Å². The molecule has 0 saturated heterocycles. The summed E-state index contributed by atoms with van der Waals surface area (Å²) >= 11 is 0. The lowest BCUT2D eigenvalue weighted by atomic mass is 9.95. The van der Waals surface area contributed by atoms with E-state index >= 15 is 0 Å². The molecule has 3 aromatic carbocycles. The van der Waals surface area contributed by atoms with E-state index in [1.54, 1.807) is 13.8 Å². The summed E-state index contributed by atoms with van der Waals surface area (Å²) in [6.07, 6.45) is 0. The van der Waals surface area contributed by atoms with Gasteiger partial charge in [-0.3, -0.25) is 0 Å². The van der Waals surface area contributed by atoms with Crippen molar-refractivity contribution in [2.75, 3.05) is 10.6 Å². The van der Waals surface area contributed by atoms with Crippen molar-refractivity contribution in [1.29, 1.82) is 0 Å². The Morgan fingerprint density at radius 3 is 2.35 bits per heavy atom. The van der Waals surface area contributed by atoms with E-state index in [1.165, 1.54) is 5.56 Å². The number of nitrogen functional groups attached to an aromatic ring is 1. The number of benzene rings is 3. The number of anilines is 3. The molecule has 0 aromatic heterocycles. The first kappa shape index (κ1) is 16.5. The van der Waals surface area contributed by atoms with Gasteiger partial charge in [0, 0.05) is 17.8 Å². The molecule has 4 nitrogen and oxygen atoms in total. The lowest BCUT2D eigenvalue weighted by Crippen LogP contribution is -2.23. The SMILES string of the molecule is CC(C)(O)c1cc2c(cc1N)N(Cc1ccccc1)c1ccccc1O2. The maximum atomic E-state index is 10.4. The maximum absolute atomic E-state index is 10.4. The number of fused-ring (bicyclic) bond motifs is 2. The number of ether oxygens (including phenoxy) is 1. The lowest BCUT2D eigenvalue weighted by Gasteiger charge is -2.34. The van der Waals surface area contributed by atoms with E-state index in [2.05, 4.69) is 17.0 Å². The van der Waals surface area contributed by atoms with Gasteiger partial charge in [0.25, 0.3) is 0 Å². The van der Waals surface area contributed by atoms with Crippen LogP contribution in [0.4, 0.5) is 17.1 Å². The summed E-state index contributed by atoms with van der Waals surface area (Å²) in [5.41, 5.74) is 9.54. The fourth-order valence-corrected chi connectivity index (χ4v) is 3.36. The first-order valence-corrected chi connectivity index (χ1v) is 8.68. The van der Waals surface area contributed by atoms with E-state index in [-0.39, 0.29) is 0 Å². The summed E-state index contributed by atoms with van der Waals surface area (Å²) in [6, 6.07) is 22.0. The predicted molar refractivity (Wildman–Crippen MR) is 105 cm³/mol. The topological polar surface area (TPSA) is 58.7 Å². The summed E-state index contributed by atoms with van der Waals surface area (Å²) in [4.78, 5) is 2.20. The second kappa shape index (κ2) is 6.07. The summed E-state index contributed by atoms with van der Waals surface area (Å²) in [7, 11) is 0. The molecule has 0 bridgehead atoms. The third kappa shape index (κ3) is 2.89. The molecule has 0 atom stereocenters. The zero-order chi connectivity index (χ0) is 18.3. The van der Waals surface area contributed by atoms with Crippen molar-refractivity contribution in [2.45, 2.75) is 26.0 Å². The van der Waals surface area contributed by atoms with Gasteiger partial charge in [-0.2, -0.15) is 0 Å². The Balaban J connectivity index is 1.85. The molecule has 0 aliphatic carbocycles. The molecule has 1 aliphatic rings. The molecule has 26 heavy (non-hydrogen) atoms. The average molecular weight is 346 g/mol. The highest BCUT2D eigenvalue weighted by atomic mass is 16.5. The molecular weight excluding hydrogens is 324 g/mol. The largest absolute Gasteiger partial charge is 0.453 e. The summed E-state index contributed by atoms with van der Waals surface area (Å²) in [6.45, 7) is 4.16. The molecule has 4 heteroatoms. The highest BCUT2D eigenvalue weighted by Gasteiger charge is 2.28. The molecule has 3 aromatic rings. The molecule has 0 fully saturated rings. The van der Waals surface area contributed by atoms with Gasteiger partial charge in [0.05, 0.1) is 17.0 Å². The first-order valence-electron chi connectivity index (χ1n) is 8.68. The van der Waals surface area contributed by atoms with Crippen molar-refractivity contribution in [2.24, 2.45) is 0 Å². The monoisotopic (exact) mass is 346 g/mol. The van der Waals surface area contributed by atoms with Gasteiger partial charge in [-0.25, -0.2) is 0 Å². The van der Waals surface area contributed by atoms with Crippen LogP contribution < -0.4 is 15.4 Å². The number of nitrogens with zero attached hydrogens (tertiary/aromatic N) is 1. The van der Waals surface area contributed by atoms with Crippen LogP contribution in [0.5, 0.6) is 11.5 Å². The van der Waals surface area contributed by atoms with Crippen molar-refractivity contribution < 1.29 is 9.84 Å². The fraction of sp³-hybridized carbons (Fsp3) is 0.182. The van der Waals surface area contributed by atoms with E-state index < -0.39 is 5.60 Å². The van der Waals surface area contributed by atoms with Crippen LogP contribution in [0.1, 0.15) is 25.0 Å². The Kier molecular flexibility index (Phi) is 3.85. The molecule has 1 aliphatic heterocycles. The molecule has 0 amide bonds. The molecule has 0 unspecified atom stereocenters. The number of para-hydroxylation sites is 2. The average Bonchev–Trinajstić information content (AvgIpc) is 2.61. The lowest BCUT2D eigenvalue weighted by molar-refractivity contribution is 0.0792.